The average molecular weight is 321 g/mol. The van der Waals surface area contributed by atoms with Crippen molar-refractivity contribution in [2.45, 2.75) is 32.6 Å². The predicted molar refractivity (Wildman–Crippen MR) is 85.2 cm³/mol. The Bertz CT molecular complexity index is 534. The highest BCUT2D eigenvalue weighted by atomic mass is 16.5. The number of ether oxygens (including phenoxy) is 2. The van der Waals surface area contributed by atoms with Gasteiger partial charge in [-0.3, -0.25) is 4.79 Å². The van der Waals surface area contributed by atoms with Gasteiger partial charge in [0.15, 0.2) is 6.54 Å². The van der Waals surface area contributed by atoms with Crippen LogP contribution in [0, 0.1) is 0 Å². The molecule has 6 nitrogen and oxygen atoms in total. The number of esters is 1. The number of amides is 1. The lowest BCUT2D eigenvalue weighted by molar-refractivity contribution is -0.907. The molecule has 0 unspecified atom stereocenters. The number of carbonyl (C=O) groups is 2. The molecule has 0 saturated carbocycles. The molecule has 0 spiro atoms. The summed E-state index contributed by atoms with van der Waals surface area (Å²) in [5.74, 6) is -0.335. The molecule has 2 N–H and O–H groups in total. The second-order valence-corrected chi connectivity index (χ2v) is 6.06. The van der Waals surface area contributed by atoms with Gasteiger partial charge in [-0.1, -0.05) is 12.1 Å². The molecule has 126 valence electrons. The fourth-order valence-electron chi connectivity index (χ4n) is 2.90. The number of morpholine rings is 1. The van der Waals surface area contributed by atoms with Crippen molar-refractivity contribution in [2.24, 2.45) is 0 Å². The number of rotatable bonds is 5. The van der Waals surface area contributed by atoms with Crippen LogP contribution in [0.5, 0.6) is 0 Å². The van der Waals surface area contributed by atoms with Gasteiger partial charge < -0.3 is 19.7 Å². The summed E-state index contributed by atoms with van der Waals surface area (Å²) in [5, 5.41) is 2.92. The van der Waals surface area contributed by atoms with E-state index >= 15 is 0 Å². The third-order valence-electron chi connectivity index (χ3n) is 3.89. The molecule has 1 fully saturated rings. The number of benzene rings is 1. The highest BCUT2D eigenvalue weighted by molar-refractivity contribution is 5.89. The molecule has 0 aliphatic carbocycles. The minimum absolute atomic E-state index is 0.0262. The number of quaternary nitrogens is 1. The first kappa shape index (κ1) is 17.4. The average Bonchev–Trinajstić information content (AvgIpc) is 2.51. The minimum atomic E-state index is -0.361. The summed E-state index contributed by atoms with van der Waals surface area (Å²) in [4.78, 5) is 24.7. The summed E-state index contributed by atoms with van der Waals surface area (Å²) in [5.41, 5.74) is 1.45. The van der Waals surface area contributed by atoms with E-state index in [1.807, 2.05) is 26.0 Å². The zero-order chi connectivity index (χ0) is 16.8. The number of hydrogen-bond acceptors (Lipinski definition) is 4. The quantitative estimate of drug-likeness (QED) is 0.736. The van der Waals surface area contributed by atoms with E-state index in [1.54, 1.807) is 12.1 Å². The summed E-state index contributed by atoms with van der Waals surface area (Å²) >= 11 is 0. The molecule has 2 rings (SSSR count). The molecule has 1 aliphatic rings. The summed E-state index contributed by atoms with van der Waals surface area (Å²) in [6, 6.07) is 7.03. The zero-order valence-corrected chi connectivity index (χ0v) is 13.9. The zero-order valence-electron chi connectivity index (χ0n) is 13.9. The normalized spacial score (nSPS) is 24.0. The minimum Gasteiger partial charge on any atom is -0.465 e. The van der Waals surface area contributed by atoms with Crippen LogP contribution in [0.3, 0.4) is 0 Å². The van der Waals surface area contributed by atoms with Crippen LogP contribution in [0.15, 0.2) is 24.3 Å². The maximum atomic E-state index is 12.1. The van der Waals surface area contributed by atoms with E-state index in [0.717, 1.165) is 18.7 Å². The molecule has 1 aliphatic heterocycles. The standard InChI is InChI=1S/C17H24N2O4/c1-12-9-19(10-13(2)23-12)11-16(20)18-8-14-4-6-15(7-5-14)17(21)22-3/h4-7,12-13H,8-11H2,1-3H3,(H,18,20)/p+1/t12-,13-/m0/s1. The van der Waals surface area contributed by atoms with Crippen LogP contribution in [-0.2, 0) is 20.8 Å². The summed E-state index contributed by atoms with van der Waals surface area (Å²) in [6.07, 6.45) is 0.375. The van der Waals surface area contributed by atoms with Gasteiger partial charge >= 0.3 is 5.97 Å². The first-order valence-electron chi connectivity index (χ1n) is 7.91. The molecule has 1 aromatic carbocycles. The Morgan fingerprint density at radius 1 is 1.22 bits per heavy atom. The summed E-state index contributed by atoms with van der Waals surface area (Å²) in [7, 11) is 1.35. The van der Waals surface area contributed by atoms with Gasteiger partial charge in [0.05, 0.1) is 12.7 Å². The number of nitrogens with one attached hydrogen (secondary N) is 2. The van der Waals surface area contributed by atoms with Crippen LogP contribution in [0.25, 0.3) is 0 Å². The molecule has 1 heterocycles. The highest BCUT2D eigenvalue weighted by Crippen LogP contribution is 2.05. The number of hydrogen-bond donors (Lipinski definition) is 2. The van der Waals surface area contributed by atoms with Gasteiger partial charge in [-0.25, -0.2) is 4.79 Å². The Labute approximate surface area is 136 Å². The Morgan fingerprint density at radius 2 is 1.83 bits per heavy atom. The second kappa shape index (κ2) is 8.08. The van der Waals surface area contributed by atoms with Crippen molar-refractivity contribution >= 4 is 11.9 Å². The Morgan fingerprint density at radius 3 is 2.39 bits per heavy atom. The molecule has 2 atom stereocenters. The lowest BCUT2D eigenvalue weighted by Crippen LogP contribution is -3.16. The van der Waals surface area contributed by atoms with Crippen LogP contribution in [-0.4, -0.2) is 50.8 Å². The number of carbonyl (C=O) groups excluding carboxylic acids is 2. The van der Waals surface area contributed by atoms with E-state index in [9.17, 15) is 9.59 Å². The Balaban J connectivity index is 1.79. The number of methoxy groups -OCH3 is 1. The van der Waals surface area contributed by atoms with Crippen molar-refractivity contribution in [2.75, 3.05) is 26.7 Å². The SMILES string of the molecule is COC(=O)c1ccc(CNC(=O)C[NH+]2C[C@H](C)O[C@@H](C)C2)cc1. The molecule has 0 bridgehead atoms. The van der Waals surface area contributed by atoms with Gasteiger partial charge in [0, 0.05) is 6.54 Å². The highest BCUT2D eigenvalue weighted by Gasteiger charge is 2.26. The maximum Gasteiger partial charge on any atom is 0.337 e. The van der Waals surface area contributed by atoms with Crippen LogP contribution in [0.2, 0.25) is 0 Å². The lowest BCUT2D eigenvalue weighted by Gasteiger charge is -2.31. The Kier molecular flexibility index (Phi) is 6.12. The molecule has 1 saturated heterocycles. The molecule has 1 aromatic rings. The van der Waals surface area contributed by atoms with Crippen LogP contribution >= 0.6 is 0 Å². The fraction of sp³-hybridized carbons (Fsp3) is 0.529. The van der Waals surface area contributed by atoms with Gasteiger partial charge in [-0.05, 0) is 31.5 Å². The fourth-order valence-corrected chi connectivity index (χ4v) is 2.90. The predicted octanol–water partition coefficient (Wildman–Crippen LogP) is -0.218. The first-order valence-corrected chi connectivity index (χ1v) is 7.91. The molecular weight excluding hydrogens is 296 g/mol. The third-order valence-corrected chi connectivity index (χ3v) is 3.89. The topological polar surface area (TPSA) is 69.1 Å². The van der Waals surface area contributed by atoms with Gasteiger partial charge in [-0.15, -0.1) is 0 Å². The third kappa shape index (κ3) is 5.33. The van der Waals surface area contributed by atoms with Crippen LogP contribution in [0.4, 0.5) is 0 Å². The van der Waals surface area contributed by atoms with Crippen molar-refractivity contribution in [3.63, 3.8) is 0 Å². The van der Waals surface area contributed by atoms with Gasteiger partial charge in [-0.2, -0.15) is 0 Å². The maximum absolute atomic E-state index is 12.1. The monoisotopic (exact) mass is 321 g/mol. The molecule has 0 radical (unpaired) electrons. The summed E-state index contributed by atoms with van der Waals surface area (Å²) in [6.45, 7) is 6.69. The van der Waals surface area contributed by atoms with Crippen molar-refractivity contribution in [3.05, 3.63) is 35.4 Å². The van der Waals surface area contributed by atoms with E-state index in [1.165, 1.54) is 12.0 Å². The molecular formula is C17H25N2O4+. The van der Waals surface area contributed by atoms with Crippen molar-refractivity contribution in [1.82, 2.24) is 5.32 Å². The smallest absolute Gasteiger partial charge is 0.337 e. The van der Waals surface area contributed by atoms with E-state index in [4.69, 9.17) is 4.74 Å². The van der Waals surface area contributed by atoms with Crippen molar-refractivity contribution in [3.8, 4) is 0 Å². The van der Waals surface area contributed by atoms with E-state index in [-0.39, 0.29) is 24.1 Å². The second-order valence-electron chi connectivity index (χ2n) is 6.06. The van der Waals surface area contributed by atoms with E-state index in [2.05, 4.69) is 10.1 Å². The van der Waals surface area contributed by atoms with Crippen LogP contribution < -0.4 is 10.2 Å². The van der Waals surface area contributed by atoms with Crippen molar-refractivity contribution in [1.29, 1.82) is 0 Å². The van der Waals surface area contributed by atoms with Gasteiger partial charge in [0.2, 0.25) is 0 Å². The molecule has 0 aromatic heterocycles. The largest absolute Gasteiger partial charge is 0.465 e. The van der Waals surface area contributed by atoms with E-state index in [0.29, 0.717) is 18.7 Å². The van der Waals surface area contributed by atoms with Crippen LogP contribution in [0.1, 0.15) is 29.8 Å². The molecule has 6 heteroatoms. The lowest BCUT2D eigenvalue weighted by atomic mass is 10.1. The first-order chi connectivity index (χ1) is 11.0. The summed E-state index contributed by atoms with van der Waals surface area (Å²) < 4.78 is 10.3. The Hall–Kier alpha value is -1.92. The van der Waals surface area contributed by atoms with Gasteiger partial charge in [0.1, 0.15) is 25.3 Å². The molecule has 23 heavy (non-hydrogen) atoms. The van der Waals surface area contributed by atoms with Gasteiger partial charge in [0.25, 0.3) is 5.91 Å². The van der Waals surface area contributed by atoms with Crippen molar-refractivity contribution < 1.29 is 24.0 Å². The van der Waals surface area contributed by atoms with E-state index < -0.39 is 0 Å². The molecule has 1 amide bonds.